The number of para-hydroxylation sites is 1. The lowest BCUT2D eigenvalue weighted by molar-refractivity contribution is -0.140. The van der Waals surface area contributed by atoms with Crippen molar-refractivity contribution in [3.8, 4) is 5.75 Å². The van der Waals surface area contributed by atoms with E-state index in [1.165, 1.54) is 17.0 Å². The smallest absolute Gasteiger partial charge is 0.264 e. The molecule has 0 aliphatic carbocycles. The Labute approximate surface area is 245 Å². The van der Waals surface area contributed by atoms with Crippen LogP contribution in [-0.2, 0) is 26.2 Å². The molecule has 40 heavy (non-hydrogen) atoms. The maximum Gasteiger partial charge on any atom is 0.264 e. The summed E-state index contributed by atoms with van der Waals surface area (Å²) < 4.78 is 34.3. The lowest BCUT2D eigenvalue weighted by atomic mass is 10.1. The highest BCUT2D eigenvalue weighted by atomic mass is 35.5. The second-order valence-corrected chi connectivity index (χ2v) is 11.5. The molecule has 0 radical (unpaired) electrons. The predicted octanol–water partition coefficient (Wildman–Crippen LogP) is 5.53. The molecule has 3 aromatic carbocycles. The number of anilines is 1. The van der Waals surface area contributed by atoms with Gasteiger partial charge in [-0.25, -0.2) is 8.42 Å². The van der Waals surface area contributed by atoms with Gasteiger partial charge in [0.25, 0.3) is 10.0 Å². The predicted molar refractivity (Wildman–Crippen MR) is 158 cm³/mol. The van der Waals surface area contributed by atoms with Crippen LogP contribution in [0.5, 0.6) is 5.75 Å². The van der Waals surface area contributed by atoms with Gasteiger partial charge in [0, 0.05) is 23.1 Å². The summed E-state index contributed by atoms with van der Waals surface area (Å²) in [5.74, 6) is -0.380. The van der Waals surface area contributed by atoms with Gasteiger partial charge >= 0.3 is 0 Å². The molecule has 0 aromatic heterocycles. The molecule has 3 rings (SSSR count). The van der Waals surface area contributed by atoms with Crippen molar-refractivity contribution in [2.45, 2.75) is 44.7 Å². The van der Waals surface area contributed by atoms with E-state index in [1.807, 2.05) is 6.92 Å². The monoisotopic (exact) mass is 605 g/mol. The van der Waals surface area contributed by atoms with Crippen molar-refractivity contribution in [2.24, 2.45) is 0 Å². The van der Waals surface area contributed by atoms with Gasteiger partial charge in [-0.2, -0.15) is 0 Å². The zero-order valence-electron chi connectivity index (χ0n) is 22.6. The molecule has 0 unspecified atom stereocenters. The van der Waals surface area contributed by atoms with Gasteiger partial charge in [-0.15, -0.1) is 0 Å². The Bertz CT molecular complexity index is 1400. The minimum Gasteiger partial charge on any atom is -0.494 e. The summed E-state index contributed by atoms with van der Waals surface area (Å²) in [6.45, 7) is 5.66. The van der Waals surface area contributed by atoms with Crippen LogP contribution in [0.1, 0.15) is 32.8 Å². The molecule has 0 spiro atoms. The number of nitrogens with zero attached hydrogens (tertiary/aromatic N) is 2. The van der Waals surface area contributed by atoms with Crippen molar-refractivity contribution >= 4 is 50.7 Å². The number of amides is 2. The Balaban J connectivity index is 2.04. The summed E-state index contributed by atoms with van der Waals surface area (Å²) in [6.07, 6.45) is 0.305. The maximum absolute atomic E-state index is 14.0. The number of hydrogen-bond donors (Lipinski definition) is 1. The van der Waals surface area contributed by atoms with Crippen molar-refractivity contribution in [3.05, 3.63) is 88.4 Å². The first-order valence-corrected chi connectivity index (χ1v) is 15.1. The van der Waals surface area contributed by atoms with Gasteiger partial charge in [0.05, 0.1) is 17.2 Å². The first kappa shape index (κ1) is 31.3. The Kier molecular flexibility index (Phi) is 11.2. The summed E-state index contributed by atoms with van der Waals surface area (Å²) in [5, 5.41) is 3.53. The van der Waals surface area contributed by atoms with Crippen molar-refractivity contribution in [2.75, 3.05) is 24.0 Å². The van der Waals surface area contributed by atoms with Crippen LogP contribution >= 0.6 is 23.2 Å². The highest BCUT2D eigenvalue weighted by molar-refractivity contribution is 7.92. The second-order valence-electron chi connectivity index (χ2n) is 8.83. The zero-order valence-corrected chi connectivity index (χ0v) is 25.0. The third-order valence-corrected chi connectivity index (χ3v) is 8.51. The molecule has 0 bridgehead atoms. The number of sulfonamides is 1. The molecule has 0 aliphatic heterocycles. The van der Waals surface area contributed by atoms with E-state index in [-0.39, 0.29) is 17.3 Å². The molecule has 214 valence electrons. The van der Waals surface area contributed by atoms with E-state index >= 15 is 0 Å². The lowest BCUT2D eigenvalue weighted by Gasteiger charge is -2.33. The fourth-order valence-corrected chi connectivity index (χ4v) is 6.05. The number of likely N-dealkylation sites (N-methyl/N-ethyl adjacent to an activating group) is 1. The molecule has 11 heteroatoms. The summed E-state index contributed by atoms with van der Waals surface area (Å²) in [7, 11) is -4.18. The van der Waals surface area contributed by atoms with Crippen molar-refractivity contribution < 1.29 is 22.7 Å². The highest BCUT2D eigenvalue weighted by Crippen LogP contribution is 2.27. The summed E-state index contributed by atoms with van der Waals surface area (Å²) in [4.78, 5) is 28.4. The molecule has 1 N–H and O–H groups in total. The lowest BCUT2D eigenvalue weighted by Crippen LogP contribution is -2.52. The highest BCUT2D eigenvalue weighted by Gasteiger charge is 2.33. The van der Waals surface area contributed by atoms with E-state index in [0.29, 0.717) is 46.6 Å². The SMILES string of the molecule is CCNC(=O)[C@@H](CC)N(Cc1ccc(Cl)cc1Cl)C(=O)CN(c1ccccc1)S(=O)(=O)c1ccc(OCC)cc1. The number of halogens is 2. The zero-order chi connectivity index (χ0) is 29.3. The third kappa shape index (κ3) is 7.68. The minimum absolute atomic E-state index is 0.00401. The van der Waals surface area contributed by atoms with E-state index in [1.54, 1.807) is 74.5 Å². The van der Waals surface area contributed by atoms with E-state index < -0.39 is 28.5 Å². The van der Waals surface area contributed by atoms with Gasteiger partial charge in [-0.05, 0) is 74.4 Å². The molecule has 2 amide bonds. The Morgan fingerprint density at radius 2 is 1.62 bits per heavy atom. The largest absolute Gasteiger partial charge is 0.494 e. The van der Waals surface area contributed by atoms with Crippen LogP contribution in [0.15, 0.2) is 77.7 Å². The molecule has 8 nitrogen and oxygen atoms in total. The molecule has 0 saturated carbocycles. The van der Waals surface area contributed by atoms with Crippen LogP contribution in [0.2, 0.25) is 10.0 Å². The number of nitrogens with one attached hydrogen (secondary N) is 1. The number of hydrogen-bond acceptors (Lipinski definition) is 5. The molecule has 0 fully saturated rings. The van der Waals surface area contributed by atoms with E-state index in [4.69, 9.17) is 27.9 Å². The molecule has 0 aliphatic rings. The fourth-order valence-electron chi connectivity index (χ4n) is 4.17. The number of carbonyl (C=O) groups excluding carboxylic acids is 2. The first-order valence-electron chi connectivity index (χ1n) is 12.9. The van der Waals surface area contributed by atoms with E-state index in [0.717, 1.165) is 4.31 Å². The molecule has 1 atom stereocenters. The molecule has 3 aromatic rings. The van der Waals surface area contributed by atoms with Crippen molar-refractivity contribution in [1.82, 2.24) is 10.2 Å². The van der Waals surface area contributed by atoms with Crippen LogP contribution in [0.3, 0.4) is 0 Å². The van der Waals surface area contributed by atoms with Crippen LogP contribution < -0.4 is 14.4 Å². The van der Waals surface area contributed by atoms with Crippen LogP contribution in [-0.4, -0.2) is 50.9 Å². The molecule has 0 saturated heterocycles. The summed E-state index contributed by atoms with van der Waals surface area (Å²) in [5.41, 5.74) is 0.878. The van der Waals surface area contributed by atoms with Crippen molar-refractivity contribution in [3.63, 3.8) is 0 Å². The average Bonchev–Trinajstić information content (AvgIpc) is 2.93. The Hall–Kier alpha value is -3.27. The Morgan fingerprint density at radius 3 is 2.20 bits per heavy atom. The van der Waals surface area contributed by atoms with Crippen molar-refractivity contribution in [1.29, 1.82) is 0 Å². The molecular formula is C29H33Cl2N3O5S. The molecular weight excluding hydrogens is 573 g/mol. The Morgan fingerprint density at radius 1 is 0.950 bits per heavy atom. The standard InChI is InChI=1S/C29H33Cl2N3O5S/c1-4-27(29(36)32-5-2)33(19-21-12-13-22(30)18-26(21)31)28(35)20-34(23-10-8-7-9-11-23)40(37,38)25-16-14-24(15-17-25)39-6-3/h7-18,27H,4-6,19-20H2,1-3H3,(H,32,36)/t27-/m1/s1. The van der Waals surface area contributed by atoms with Gasteiger partial charge < -0.3 is 15.0 Å². The summed E-state index contributed by atoms with van der Waals surface area (Å²) >= 11 is 12.5. The van der Waals surface area contributed by atoms with Gasteiger partial charge in [0.1, 0.15) is 18.3 Å². The first-order chi connectivity index (χ1) is 19.1. The third-order valence-electron chi connectivity index (χ3n) is 6.14. The van der Waals surface area contributed by atoms with E-state index in [2.05, 4.69) is 5.32 Å². The summed E-state index contributed by atoms with van der Waals surface area (Å²) in [6, 6.07) is 18.4. The normalized spacial score (nSPS) is 11.9. The average molecular weight is 607 g/mol. The van der Waals surface area contributed by atoms with Gasteiger partial charge in [0.15, 0.2) is 0 Å². The topological polar surface area (TPSA) is 96.0 Å². The minimum atomic E-state index is -4.18. The van der Waals surface area contributed by atoms with Crippen LogP contribution in [0.25, 0.3) is 0 Å². The van der Waals surface area contributed by atoms with E-state index in [9.17, 15) is 18.0 Å². The number of ether oxygens (including phenoxy) is 1. The van der Waals surface area contributed by atoms with Crippen LogP contribution in [0.4, 0.5) is 5.69 Å². The maximum atomic E-state index is 14.0. The molecule has 0 heterocycles. The van der Waals surface area contributed by atoms with Crippen LogP contribution in [0, 0.1) is 0 Å². The van der Waals surface area contributed by atoms with Gasteiger partial charge in [-0.3, -0.25) is 13.9 Å². The van der Waals surface area contributed by atoms with Gasteiger partial charge in [0.2, 0.25) is 11.8 Å². The number of rotatable bonds is 13. The number of benzene rings is 3. The fraction of sp³-hybridized carbons (Fsp3) is 0.310. The quantitative estimate of drug-likeness (QED) is 0.276. The van der Waals surface area contributed by atoms with Gasteiger partial charge in [-0.1, -0.05) is 54.4 Å². The number of carbonyl (C=O) groups is 2. The second kappa shape index (κ2) is 14.4.